The van der Waals surface area contributed by atoms with E-state index in [-0.39, 0.29) is 11.7 Å². The Morgan fingerprint density at radius 2 is 2.13 bits per heavy atom. The van der Waals surface area contributed by atoms with Crippen LogP contribution in [-0.2, 0) is 14.8 Å². The number of fused-ring (bicyclic) bond motifs is 2. The van der Waals surface area contributed by atoms with E-state index in [1.807, 2.05) is 19.1 Å². The first kappa shape index (κ1) is 19.9. The number of aliphatic hydroxyl groups excluding tert-OH is 1. The summed E-state index contributed by atoms with van der Waals surface area (Å²) in [5, 5.41) is 10.7. The molecule has 11 heteroatoms. The number of aromatic nitrogens is 5. The molecule has 1 aliphatic rings. The summed E-state index contributed by atoms with van der Waals surface area (Å²) in [5.41, 5.74) is 1.74. The summed E-state index contributed by atoms with van der Waals surface area (Å²) in [4.78, 5) is 19.0. The third-order valence-electron chi connectivity index (χ3n) is 5.48. The van der Waals surface area contributed by atoms with Gasteiger partial charge >= 0.3 is 0 Å². The van der Waals surface area contributed by atoms with Crippen LogP contribution in [0.5, 0.6) is 0 Å². The van der Waals surface area contributed by atoms with Crippen LogP contribution < -0.4 is 4.90 Å². The summed E-state index contributed by atoms with van der Waals surface area (Å²) in [7, 11) is -3.77. The number of rotatable bonds is 5. The number of pyridine rings is 1. The lowest BCUT2D eigenvalue weighted by atomic mass is 10.1. The van der Waals surface area contributed by atoms with Gasteiger partial charge in [-0.25, -0.2) is 27.3 Å². The number of morpholine rings is 1. The summed E-state index contributed by atoms with van der Waals surface area (Å²) in [5.74, 6) is 0.679. The van der Waals surface area contributed by atoms with Gasteiger partial charge in [0.1, 0.15) is 11.5 Å². The number of nitrogens with one attached hydrogen (secondary N) is 1. The van der Waals surface area contributed by atoms with Crippen molar-refractivity contribution >= 4 is 37.9 Å². The number of hydrogen-bond acceptors (Lipinski definition) is 8. The average molecular weight is 443 g/mol. The van der Waals surface area contributed by atoms with Crippen molar-refractivity contribution in [2.75, 3.05) is 37.0 Å². The predicted octanol–water partition coefficient (Wildman–Crippen LogP) is 1.37. The SMILES string of the molecule is CC1COCCN1c1nc(-c2ccnc3[nH]ccc23)nc2c1ccn2S(=O)(=O)CCO. The minimum atomic E-state index is -3.77. The number of hydrogen-bond donors (Lipinski definition) is 2. The Balaban J connectivity index is 1.79. The van der Waals surface area contributed by atoms with Gasteiger partial charge in [0.15, 0.2) is 11.5 Å². The van der Waals surface area contributed by atoms with E-state index in [2.05, 4.69) is 19.9 Å². The lowest BCUT2D eigenvalue weighted by Gasteiger charge is -2.34. The zero-order chi connectivity index (χ0) is 21.6. The van der Waals surface area contributed by atoms with Crippen LogP contribution in [0.2, 0.25) is 0 Å². The fraction of sp³-hybridized carbons (Fsp3) is 0.350. The highest BCUT2D eigenvalue weighted by atomic mass is 32.2. The van der Waals surface area contributed by atoms with E-state index in [1.165, 1.54) is 6.20 Å². The molecule has 0 aromatic carbocycles. The van der Waals surface area contributed by atoms with Crippen molar-refractivity contribution in [2.45, 2.75) is 13.0 Å². The highest BCUT2D eigenvalue weighted by Gasteiger charge is 2.27. The molecule has 0 radical (unpaired) electrons. The summed E-state index contributed by atoms with van der Waals surface area (Å²) in [6.07, 6.45) is 4.93. The second-order valence-electron chi connectivity index (χ2n) is 7.48. The Bertz CT molecular complexity index is 1360. The summed E-state index contributed by atoms with van der Waals surface area (Å²) < 4.78 is 32.2. The summed E-state index contributed by atoms with van der Waals surface area (Å²) in [6, 6.07) is 5.49. The Hall–Kier alpha value is -3.02. The molecule has 1 unspecified atom stereocenters. The molecule has 2 N–H and O–H groups in total. The highest BCUT2D eigenvalue weighted by Crippen LogP contribution is 2.33. The van der Waals surface area contributed by atoms with E-state index >= 15 is 0 Å². The molecule has 0 saturated carbocycles. The molecule has 5 heterocycles. The van der Waals surface area contributed by atoms with Gasteiger partial charge in [-0.2, -0.15) is 0 Å². The molecule has 0 spiro atoms. The smallest absolute Gasteiger partial charge is 0.242 e. The second kappa shape index (κ2) is 7.59. The monoisotopic (exact) mass is 442 g/mol. The van der Waals surface area contributed by atoms with Crippen molar-refractivity contribution in [3.8, 4) is 11.4 Å². The lowest BCUT2D eigenvalue weighted by molar-refractivity contribution is 0.0987. The summed E-state index contributed by atoms with van der Waals surface area (Å²) >= 11 is 0. The number of nitrogens with zero attached hydrogens (tertiary/aromatic N) is 5. The molecule has 1 atom stereocenters. The van der Waals surface area contributed by atoms with E-state index in [4.69, 9.17) is 9.72 Å². The van der Waals surface area contributed by atoms with Crippen molar-refractivity contribution < 1.29 is 18.3 Å². The quantitative estimate of drug-likeness (QED) is 0.475. The first-order valence-corrected chi connectivity index (χ1v) is 11.6. The average Bonchev–Trinajstić information content (AvgIpc) is 3.40. The second-order valence-corrected chi connectivity index (χ2v) is 9.44. The molecule has 4 aromatic rings. The van der Waals surface area contributed by atoms with Gasteiger partial charge < -0.3 is 19.7 Å². The zero-order valence-corrected chi connectivity index (χ0v) is 17.7. The van der Waals surface area contributed by atoms with E-state index in [0.717, 1.165) is 14.9 Å². The molecule has 1 saturated heterocycles. The molecule has 162 valence electrons. The molecule has 1 fully saturated rings. The lowest BCUT2D eigenvalue weighted by Crippen LogP contribution is -2.44. The Labute approximate surface area is 178 Å². The molecule has 1 aliphatic heterocycles. The maximum Gasteiger partial charge on any atom is 0.242 e. The van der Waals surface area contributed by atoms with Gasteiger partial charge in [0.05, 0.1) is 37.0 Å². The van der Waals surface area contributed by atoms with Gasteiger partial charge in [0.2, 0.25) is 10.0 Å². The van der Waals surface area contributed by atoms with Gasteiger partial charge in [-0.3, -0.25) is 0 Å². The normalized spacial score (nSPS) is 17.6. The maximum absolute atomic E-state index is 12.8. The van der Waals surface area contributed by atoms with Gasteiger partial charge in [-0.15, -0.1) is 0 Å². The largest absolute Gasteiger partial charge is 0.395 e. The first-order chi connectivity index (χ1) is 15.0. The van der Waals surface area contributed by atoms with Crippen LogP contribution in [0.15, 0.2) is 36.8 Å². The van der Waals surface area contributed by atoms with Crippen LogP contribution in [0.4, 0.5) is 5.82 Å². The first-order valence-electron chi connectivity index (χ1n) is 9.99. The summed E-state index contributed by atoms with van der Waals surface area (Å²) in [6.45, 7) is 3.33. The van der Waals surface area contributed by atoms with Crippen LogP contribution in [0.25, 0.3) is 33.5 Å². The van der Waals surface area contributed by atoms with Crippen molar-refractivity contribution in [3.05, 3.63) is 36.8 Å². The van der Waals surface area contributed by atoms with E-state index in [0.29, 0.717) is 42.4 Å². The number of ether oxygens (including phenoxy) is 1. The van der Waals surface area contributed by atoms with E-state index in [1.54, 1.807) is 18.5 Å². The molecule has 0 amide bonds. The third-order valence-corrected chi connectivity index (χ3v) is 7.07. The Morgan fingerprint density at radius 1 is 1.26 bits per heavy atom. The highest BCUT2D eigenvalue weighted by molar-refractivity contribution is 7.90. The Kier molecular flexibility index (Phi) is 4.88. The third kappa shape index (κ3) is 3.34. The molecule has 0 aliphatic carbocycles. The van der Waals surface area contributed by atoms with Crippen LogP contribution in [0.1, 0.15) is 6.92 Å². The topological polar surface area (TPSA) is 126 Å². The van der Waals surface area contributed by atoms with Crippen LogP contribution in [0.3, 0.4) is 0 Å². The number of anilines is 1. The molecule has 31 heavy (non-hydrogen) atoms. The minimum absolute atomic E-state index is 0.0711. The van der Waals surface area contributed by atoms with E-state index < -0.39 is 22.4 Å². The zero-order valence-electron chi connectivity index (χ0n) is 16.9. The minimum Gasteiger partial charge on any atom is -0.395 e. The van der Waals surface area contributed by atoms with Crippen LogP contribution >= 0.6 is 0 Å². The van der Waals surface area contributed by atoms with Gasteiger partial charge in [-0.05, 0) is 25.1 Å². The van der Waals surface area contributed by atoms with Crippen molar-refractivity contribution in [2.24, 2.45) is 0 Å². The van der Waals surface area contributed by atoms with Gasteiger partial charge in [0.25, 0.3) is 0 Å². The standard InChI is InChI=1S/C20H22N6O4S/c1-13-12-30-10-8-25(13)19-16-4-7-26(31(28,29)11-9-27)20(16)24-18(23-19)15-3-6-22-17-14(15)2-5-21-17/h2-7,13,27H,8-12H2,1H3,(H,21,22). The number of aromatic amines is 1. The van der Waals surface area contributed by atoms with Gasteiger partial charge in [-0.1, -0.05) is 0 Å². The molecule has 4 aromatic heterocycles. The molecular weight excluding hydrogens is 420 g/mol. The van der Waals surface area contributed by atoms with Gasteiger partial charge in [0, 0.05) is 36.1 Å². The van der Waals surface area contributed by atoms with Crippen molar-refractivity contribution in [1.29, 1.82) is 0 Å². The van der Waals surface area contributed by atoms with Crippen molar-refractivity contribution in [3.63, 3.8) is 0 Å². The van der Waals surface area contributed by atoms with Crippen molar-refractivity contribution in [1.82, 2.24) is 23.9 Å². The fourth-order valence-electron chi connectivity index (χ4n) is 3.95. The number of aliphatic hydroxyl groups is 1. The van der Waals surface area contributed by atoms with Crippen LogP contribution in [-0.4, -0.2) is 75.6 Å². The van der Waals surface area contributed by atoms with E-state index in [9.17, 15) is 13.5 Å². The predicted molar refractivity (Wildman–Crippen MR) is 117 cm³/mol. The molecule has 10 nitrogen and oxygen atoms in total. The number of H-pyrrole nitrogens is 1. The fourth-order valence-corrected chi connectivity index (χ4v) is 5.03. The molecular formula is C20H22N6O4S. The maximum atomic E-state index is 12.8. The molecule has 5 rings (SSSR count). The molecule has 0 bridgehead atoms. The van der Waals surface area contributed by atoms with Crippen LogP contribution in [0, 0.1) is 0 Å². The Morgan fingerprint density at radius 3 is 2.94 bits per heavy atom.